The van der Waals surface area contributed by atoms with Gasteiger partial charge in [0.1, 0.15) is 12.4 Å². The van der Waals surface area contributed by atoms with Crippen LogP contribution in [0.1, 0.15) is 19.4 Å². The first-order chi connectivity index (χ1) is 7.60. The first-order valence-corrected chi connectivity index (χ1v) is 5.52. The van der Waals surface area contributed by atoms with Crippen molar-refractivity contribution in [3.8, 4) is 5.75 Å². The summed E-state index contributed by atoms with van der Waals surface area (Å²) < 4.78 is 10.4. The summed E-state index contributed by atoms with van der Waals surface area (Å²) in [6.45, 7) is 6.09. The summed E-state index contributed by atoms with van der Waals surface area (Å²) in [4.78, 5) is 0. The SMILES string of the molecule is COCCOc1ccc(C(C)(C)CN)cc1. The number of hydrogen-bond donors (Lipinski definition) is 1. The highest BCUT2D eigenvalue weighted by Gasteiger charge is 2.17. The van der Waals surface area contributed by atoms with Crippen LogP contribution in [0.5, 0.6) is 5.75 Å². The van der Waals surface area contributed by atoms with Crippen molar-refractivity contribution >= 4 is 0 Å². The van der Waals surface area contributed by atoms with E-state index in [0.29, 0.717) is 19.8 Å². The van der Waals surface area contributed by atoms with Gasteiger partial charge in [-0.1, -0.05) is 26.0 Å². The maximum atomic E-state index is 5.73. The van der Waals surface area contributed by atoms with Crippen LogP contribution < -0.4 is 10.5 Å². The van der Waals surface area contributed by atoms with Gasteiger partial charge in [-0.15, -0.1) is 0 Å². The van der Waals surface area contributed by atoms with E-state index in [-0.39, 0.29) is 5.41 Å². The molecule has 16 heavy (non-hydrogen) atoms. The Morgan fingerprint density at radius 2 is 1.75 bits per heavy atom. The van der Waals surface area contributed by atoms with Gasteiger partial charge in [0, 0.05) is 19.1 Å². The highest BCUT2D eigenvalue weighted by molar-refractivity contribution is 5.31. The van der Waals surface area contributed by atoms with E-state index < -0.39 is 0 Å². The lowest BCUT2D eigenvalue weighted by Gasteiger charge is -2.23. The number of hydrogen-bond acceptors (Lipinski definition) is 3. The number of rotatable bonds is 6. The van der Waals surface area contributed by atoms with Crippen LogP contribution in [0, 0.1) is 0 Å². The second-order valence-corrected chi connectivity index (χ2v) is 4.45. The number of nitrogens with two attached hydrogens (primary N) is 1. The van der Waals surface area contributed by atoms with Crippen LogP contribution >= 0.6 is 0 Å². The fraction of sp³-hybridized carbons (Fsp3) is 0.538. The maximum absolute atomic E-state index is 5.73. The van der Waals surface area contributed by atoms with E-state index in [1.54, 1.807) is 7.11 Å². The van der Waals surface area contributed by atoms with E-state index in [2.05, 4.69) is 26.0 Å². The van der Waals surface area contributed by atoms with Crippen LogP contribution in [0.4, 0.5) is 0 Å². The van der Waals surface area contributed by atoms with Gasteiger partial charge in [0.25, 0.3) is 0 Å². The third-order valence-corrected chi connectivity index (χ3v) is 2.70. The second kappa shape index (κ2) is 5.87. The molecule has 0 aliphatic heterocycles. The zero-order chi connectivity index (χ0) is 12.0. The second-order valence-electron chi connectivity index (χ2n) is 4.45. The molecule has 0 saturated heterocycles. The van der Waals surface area contributed by atoms with Gasteiger partial charge in [0.2, 0.25) is 0 Å². The summed E-state index contributed by atoms with van der Waals surface area (Å²) in [5, 5.41) is 0. The predicted octanol–water partition coefficient (Wildman–Crippen LogP) is 1.95. The van der Waals surface area contributed by atoms with Crippen molar-refractivity contribution < 1.29 is 9.47 Å². The molecule has 0 radical (unpaired) electrons. The average molecular weight is 223 g/mol. The minimum atomic E-state index is 0.0189. The van der Waals surface area contributed by atoms with Gasteiger partial charge in [-0.2, -0.15) is 0 Å². The molecule has 3 heteroatoms. The molecule has 0 atom stereocenters. The maximum Gasteiger partial charge on any atom is 0.119 e. The van der Waals surface area contributed by atoms with Gasteiger partial charge in [-0.3, -0.25) is 0 Å². The molecule has 1 aromatic rings. The van der Waals surface area contributed by atoms with Gasteiger partial charge in [0.15, 0.2) is 0 Å². The summed E-state index contributed by atoms with van der Waals surface area (Å²) in [5.41, 5.74) is 6.98. The molecule has 0 unspecified atom stereocenters. The van der Waals surface area contributed by atoms with Crippen molar-refractivity contribution in [3.63, 3.8) is 0 Å². The number of methoxy groups -OCH3 is 1. The Balaban J connectivity index is 2.61. The molecule has 0 aliphatic rings. The molecule has 0 aromatic heterocycles. The summed E-state index contributed by atoms with van der Waals surface area (Å²) in [6, 6.07) is 8.08. The van der Waals surface area contributed by atoms with Gasteiger partial charge >= 0.3 is 0 Å². The Hall–Kier alpha value is -1.06. The zero-order valence-corrected chi connectivity index (χ0v) is 10.3. The largest absolute Gasteiger partial charge is 0.491 e. The molecule has 1 rings (SSSR count). The molecule has 0 fully saturated rings. The molecule has 3 nitrogen and oxygen atoms in total. The lowest BCUT2D eigenvalue weighted by Crippen LogP contribution is -2.27. The monoisotopic (exact) mass is 223 g/mol. The highest BCUT2D eigenvalue weighted by Crippen LogP contribution is 2.23. The molecule has 0 spiro atoms. The Kier molecular flexibility index (Phi) is 4.77. The van der Waals surface area contributed by atoms with E-state index in [1.165, 1.54) is 5.56 Å². The van der Waals surface area contributed by atoms with Crippen molar-refractivity contribution in [2.45, 2.75) is 19.3 Å². The smallest absolute Gasteiger partial charge is 0.119 e. The Bertz CT molecular complexity index is 306. The molecular formula is C13H21NO2. The van der Waals surface area contributed by atoms with Crippen molar-refractivity contribution in [1.82, 2.24) is 0 Å². The van der Waals surface area contributed by atoms with Crippen molar-refractivity contribution in [2.24, 2.45) is 5.73 Å². The minimum Gasteiger partial charge on any atom is -0.491 e. The Labute approximate surface area is 97.6 Å². The van der Waals surface area contributed by atoms with Crippen LogP contribution in [-0.2, 0) is 10.2 Å². The van der Waals surface area contributed by atoms with Gasteiger partial charge in [-0.05, 0) is 17.7 Å². The van der Waals surface area contributed by atoms with Crippen LogP contribution in [0.15, 0.2) is 24.3 Å². The topological polar surface area (TPSA) is 44.5 Å². The molecule has 0 aliphatic carbocycles. The van der Waals surface area contributed by atoms with Gasteiger partial charge in [0.05, 0.1) is 6.61 Å². The molecule has 2 N–H and O–H groups in total. The van der Waals surface area contributed by atoms with E-state index in [9.17, 15) is 0 Å². The third-order valence-electron chi connectivity index (χ3n) is 2.70. The number of ether oxygens (including phenoxy) is 2. The standard InChI is InChI=1S/C13H21NO2/c1-13(2,10-14)11-4-6-12(7-5-11)16-9-8-15-3/h4-7H,8-10,14H2,1-3H3. The quantitative estimate of drug-likeness (QED) is 0.750. The predicted molar refractivity (Wildman–Crippen MR) is 65.9 cm³/mol. The average Bonchev–Trinajstić information content (AvgIpc) is 2.30. The first-order valence-electron chi connectivity index (χ1n) is 5.52. The van der Waals surface area contributed by atoms with E-state index in [4.69, 9.17) is 15.2 Å². The number of benzene rings is 1. The Morgan fingerprint density at radius 1 is 1.12 bits per heavy atom. The van der Waals surface area contributed by atoms with Crippen molar-refractivity contribution in [2.75, 3.05) is 26.9 Å². The molecule has 0 heterocycles. The molecule has 0 amide bonds. The summed E-state index contributed by atoms with van der Waals surface area (Å²) in [6.07, 6.45) is 0. The molecule has 0 saturated carbocycles. The van der Waals surface area contributed by atoms with Gasteiger partial charge in [-0.25, -0.2) is 0 Å². The van der Waals surface area contributed by atoms with E-state index in [1.807, 2.05) is 12.1 Å². The van der Waals surface area contributed by atoms with E-state index >= 15 is 0 Å². The molecule has 1 aromatic carbocycles. The molecular weight excluding hydrogens is 202 g/mol. The summed E-state index contributed by atoms with van der Waals surface area (Å²) >= 11 is 0. The van der Waals surface area contributed by atoms with Crippen LogP contribution in [0.3, 0.4) is 0 Å². The molecule has 90 valence electrons. The van der Waals surface area contributed by atoms with Crippen molar-refractivity contribution in [1.29, 1.82) is 0 Å². The normalized spacial score (nSPS) is 11.5. The highest BCUT2D eigenvalue weighted by atomic mass is 16.5. The van der Waals surface area contributed by atoms with Crippen LogP contribution in [0.2, 0.25) is 0 Å². The lowest BCUT2D eigenvalue weighted by atomic mass is 9.85. The summed E-state index contributed by atoms with van der Waals surface area (Å²) in [7, 11) is 1.66. The minimum absolute atomic E-state index is 0.0189. The fourth-order valence-corrected chi connectivity index (χ4v) is 1.36. The van der Waals surface area contributed by atoms with Crippen molar-refractivity contribution in [3.05, 3.63) is 29.8 Å². The molecule has 0 bridgehead atoms. The van der Waals surface area contributed by atoms with Gasteiger partial charge < -0.3 is 15.2 Å². The fourth-order valence-electron chi connectivity index (χ4n) is 1.36. The van der Waals surface area contributed by atoms with Crippen LogP contribution in [0.25, 0.3) is 0 Å². The lowest BCUT2D eigenvalue weighted by molar-refractivity contribution is 0.146. The Morgan fingerprint density at radius 3 is 2.25 bits per heavy atom. The zero-order valence-electron chi connectivity index (χ0n) is 10.3. The first kappa shape index (κ1) is 13.0. The summed E-state index contributed by atoms with van der Waals surface area (Å²) in [5.74, 6) is 0.869. The van der Waals surface area contributed by atoms with Crippen LogP contribution in [-0.4, -0.2) is 26.9 Å². The van der Waals surface area contributed by atoms with E-state index in [0.717, 1.165) is 5.75 Å². The third kappa shape index (κ3) is 3.51.